The summed E-state index contributed by atoms with van der Waals surface area (Å²) in [5, 5.41) is 9.02. The molecule has 124 valence electrons. The second-order valence-electron chi connectivity index (χ2n) is 5.41. The Hall–Kier alpha value is -1.76. The molecule has 0 fully saturated rings. The molecule has 2 aromatic carbocycles. The molecule has 2 rings (SSSR count). The fraction of sp³-hybridized carbons (Fsp3) is 0.294. The van der Waals surface area contributed by atoms with Gasteiger partial charge in [0, 0.05) is 12.6 Å². The lowest BCUT2D eigenvalue weighted by molar-refractivity contribution is 0.278. The van der Waals surface area contributed by atoms with Crippen LogP contribution >= 0.6 is 0 Å². The zero-order valence-electron chi connectivity index (χ0n) is 12.9. The van der Waals surface area contributed by atoms with E-state index in [1.807, 2.05) is 30.3 Å². The molecule has 0 saturated heterocycles. The highest BCUT2D eigenvalue weighted by molar-refractivity contribution is 7.89. The van der Waals surface area contributed by atoms with Crippen LogP contribution in [0.2, 0.25) is 0 Å². The van der Waals surface area contributed by atoms with Gasteiger partial charge in [-0.3, -0.25) is 0 Å². The Bertz CT molecular complexity index is 727. The van der Waals surface area contributed by atoms with Gasteiger partial charge in [-0.05, 0) is 49.1 Å². The third-order valence-corrected chi connectivity index (χ3v) is 4.93. The number of hydrogen-bond acceptors (Lipinski definition) is 3. The van der Waals surface area contributed by atoms with Crippen LogP contribution in [-0.2, 0) is 10.0 Å². The number of benzene rings is 2. The molecule has 6 heteroatoms. The minimum Gasteiger partial charge on any atom is -0.396 e. The number of aliphatic hydroxyl groups excluding tert-OH is 1. The standard InChI is InChI=1S/C17H20FNO3S/c1-13-10-15(18)12-16(11-13)23(21,22)19-17(8-5-9-20)14-6-3-2-4-7-14/h2-4,6-7,10-12,17,19-20H,5,8-9H2,1H3. The molecule has 2 N–H and O–H groups in total. The van der Waals surface area contributed by atoms with Crippen LogP contribution in [0.15, 0.2) is 53.4 Å². The minimum absolute atomic E-state index is 0.0237. The predicted octanol–water partition coefficient (Wildman–Crippen LogP) is 2.93. The number of nitrogens with one attached hydrogen (secondary N) is 1. The molecule has 0 aliphatic carbocycles. The van der Waals surface area contributed by atoms with Crippen LogP contribution in [0, 0.1) is 12.7 Å². The van der Waals surface area contributed by atoms with E-state index in [1.54, 1.807) is 6.92 Å². The average molecular weight is 337 g/mol. The van der Waals surface area contributed by atoms with Crippen LogP contribution in [-0.4, -0.2) is 20.1 Å². The van der Waals surface area contributed by atoms with Gasteiger partial charge in [0.15, 0.2) is 0 Å². The molecular formula is C17H20FNO3S. The molecule has 1 atom stereocenters. The summed E-state index contributed by atoms with van der Waals surface area (Å²) in [7, 11) is -3.85. The van der Waals surface area contributed by atoms with E-state index >= 15 is 0 Å². The summed E-state index contributed by atoms with van der Waals surface area (Å²) in [6.07, 6.45) is 0.915. The first-order valence-electron chi connectivity index (χ1n) is 7.38. The molecule has 0 spiro atoms. The molecule has 0 aliphatic heterocycles. The van der Waals surface area contributed by atoms with Crippen molar-refractivity contribution in [2.75, 3.05) is 6.61 Å². The number of aliphatic hydroxyl groups is 1. The highest BCUT2D eigenvalue weighted by Crippen LogP contribution is 2.22. The normalized spacial score (nSPS) is 13.0. The van der Waals surface area contributed by atoms with Crippen molar-refractivity contribution in [3.63, 3.8) is 0 Å². The Morgan fingerprint density at radius 2 is 1.87 bits per heavy atom. The van der Waals surface area contributed by atoms with Gasteiger partial charge in [0.25, 0.3) is 0 Å². The van der Waals surface area contributed by atoms with Crippen molar-refractivity contribution in [1.29, 1.82) is 0 Å². The molecule has 2 aromatic rings. The van der Waals surface area contributed by atoms with Gasteiger partial charge in [-0.1, -0.05) is 30.3 Å². The van der Waals surface area contributed by atoms with Crippen LogP contribution in [0.25, 0.3) is 0 Å². The summed E-state index contributed by atoms with van der Waals surface area (Å²) in [5.41, 5.74) is 1.34. The van der Waals surface area contributed by atoms with Gasteiger partial charge in [-0.25, -0.2) is 17.5 Å². The molecule has 0 radical (unpaired) electrons. The molecule has 0 bridgehead atoms. The monoisotopic (exact) mass is 337 g/mol. The van der Waals surface area contributed by atoms with Crippen molar-refractivity contribution in [3.8, 4) is 0 Å². The number of aryl methyl sites for hydroxylation is 1. The smallest absolute Gasteiger partial charge is 0.241 e. The first-order valence-corrected chi connectivity index (χ1v) is 8.86. The summed E-state index contributed by atoms with van der Waals surface area (Å²) in [4.78, 5) is -0.0973. The van der Waals surface area contributed by atoms with Crippen molar-refractivity contribution < 1.29 is 17.9 Å². The van der Waals surface area contributed by atoms with E-state index in [0.717, 1.165) is 11.6 Å². The number of halogens is 1. The van der Waals surface area contributed by atoms with Gasteiger partial charge in [0.05, 0.1) is 4.90 Å². The number of sulfonamides is 1. The lowest BCUT2D eigenvalue weighted by Crippen LogP contribution is -2.29. The Balaban J connectivity index is 2.30. The second kappa shape index (κ2) is 7.68. The van der Waals surface area contributed by atoms with E-state index in [4.69, 9.17) is 5.11 Å². The fourth-order valence-electron chi connectivity index (χ4n) is 2.39. The topological polar surface area (TPSA) is 66.4 Å². The van der Waals surface area contributed by atoms with Crippen molar-refractivity contribution in [3.05, 3.63) is 65.5 Å². The molecule has 1 unspecified atom stereocenters. The molecule has 0 aromatic heterocycles. The van der Waals surface area contributed by atoms with Gasteiger partial charge in [0.2, 0.25) is 10.0 Å². The maximum atomic E-state index is 13.5. The maximum Gasteiger partial charge on any atom is 0.241 e. The Morgan fingerprint density at radius 1 is 1.17 bits per heavy atom. The lowest BCUT2D eigenvalue weighted by Gasteiger charge is -2.19. The first-order chi connectivity index (χ1) is 10.9. The summed E-state index contributed by atoms with van der Waals surface area (Å²) < 4.78 is 41.2. The lowest BCUT2D eigenvalue weighted by atomic mass is 10.0. The van der Waals surface area contributed by atoms with E-state index in [2.05, 4.69) is 4.72 Å². The van der Waals surface area contributed by atoms with E-state index < -0.39 is 21.9 Å². The molecule has 0 amide bonds. The van der Waals surface area contributed by atoms with Gasteiger partial charge in [-0.2, -0.15) is 0 Å². The van der Waals surface area contributed by atoms with E-state index in [-0.39, 0.29) is 11.5 Å². The third-order valence-electron chi connectivity index (χ3n) is 3.48. The molecule has 4 nitrogen and oxygen atoms in total. The van der Waals surface area contributed by atoms with Crippen molar-refractivity contribution in [2.45, 2.75) is 30.7 Å². The summed E-state index contributed by atoms with van der Waals surface area (Å²) in [6, 6.07) is 12.4. The number of rotatable bonds is 7. The molecular weight excluding hydrogens is 317 g/mol. The van der Waals surface area contributed by atoms with E-state index in [9.17, 15) is 12.8 Å². The molecule has 23 heavy (non-hydrogen) atoms. The average Bonchev–Trinajstić information content (AvgIpc) is 2.51. The SMILES string of the molecule is Cc1cc(F)cc(S(=O)(=O)NC(CCCO)c2ccccc2)c1. The molecule has 0 heterocycles. The highest BCUT2D eigenvalue weighted by Gasteiger charge is 2.22. The van der Waals surface area contributed by atoms with Gasteiger partial charge in [0.1, 0.15) is 5.82 Å². The molecule has 0 aliphatic rings. The first kappa shape index (κ1) is 17.6. The van der Waals surface area contributed by atoms with Crippen LogP contribution in [0.5, 0.6) is 0 Å². The Labute approximate surface area is 136 Å². The van der Waals surface area contributed by atoms with Crippen LogP contribution in [0.1, 0.15) is 30.0 Å². The maximum absolute atomic E-state index is 13.5. The van der Waals surface area contributed by atoms with Crippen molar-refractivity contribution in [1.82, 2.24) is 4.72 Å². The highest BCUT2D eigenvalue weighted by atomic mass is 32.2. The summed E-state index contributed by atoms with van der Waals surface area (Å²) in [5.74, 6) is -0.586. The second-order valence-corrected chi connectivity index (χ2v) is 7.13. The van der Waals surface area contributed by atoms with Crippen molar-refractivity contribution >= 4 is 10.0 Å². The van der Waals surface area contributed by atoms with Gasteiger partial charge in [-0.15, -0.1) is 0 Å². The fourth-order valence-corrected chi connectivity index (χ4v) is 3.76. The molecule has 0 saturated carbocycles. The third kappa shape index (κ3) is 4.86. The predicted molar refractivity (Wildman–Crippen MR) is 87.0 cm³/mol. The van der Waals surface area contributed by atoms with E-state index in [0.29, 0.717) is 18.4 Å². The van der Waals surface area contributed by atoms with Gasteiger partial charge < -0.3 is 5.11 Å². The zero-order chi connectivity index (χ0) is 16.9. The van der Waals surface area contributed by atoms with Crippen LogP contribution in [0.4, 0.5) is 4.39 Å². The number of hydrogen-bond donors (Lipinski definition) is 2. The largest absolute Gasteiger partial charge is 0.396 e. The van der Waals surface area contributed by atoms with Crippen LogP contribution < -0.4 is 4.72 Å². The zero-order valence-corrected chi connectivity index (χ0v) is 13.7. The Morgan fingerprint density at radius 3 is 2.48 bits per heavy atom. The summed E-state index contributed by atoms with van der Waals surface area (Å²) >= 11 is 0. The van der Waals surface area contributed by atoms with Crippen molar-refractivity contribution in [2.24, 2.45) is 0 Å². The Kier molecular flexibility index (Phi) is 5.87. The van der Waals surface area contributed by atoms with Crippen LogP contribution in [0.3, 0.4) is 0 Å². The minimum atomic E-state index is -3.85. The van der Waals surface area contributed by atoms with Gasteiger partial charge >= 0.3 is 0 Å². The quantitative estimate of drug-likeness (QED) is 0.816. The summed E-state index contributed by atoms with van der Waals surface area (Å²) in [6.45, 7) is 1.62. The van der Waals surface area contributed by atoms with E-state index in [1.165, 1.54) is 12.1 Å².